The van der Waals surface area contributed by atoms with Gasteiger partial charge in [0.25, 0.3) is 0 Å². The van der Waals surface area contributed by atoms with Crippen molar-refractivity contribution in [3.05, 3.63) is 35.9 Å². The average molecular weight is 375 g/mol. The van der Waals surface area contributed by atoms with E-state index in [1.807, 2.05) is 39.0 Å². The van der Waals surface area contributed by atoms with Crippen LogP contribution in [0.15, 0.2) is 35.3 Å². The summed E-state index contributed by atoms with van der Waals surface area (Å²) >= 11 is 0. The summed E-state index contributed by atoms with van der Waals surface area (Å²) in [5, 5.41) is 6.26. The molecule has 6 heteroatoms. The average Bonchev–Trinajstić information content (AvgIpc) is 3.12. The zero-order valence-corrected chi connectivity index (χ0v) is 17.1. The van der Waals surface area contributed by atoms with Crippen LogP contribution in [-0.4, -0.2) is 56.6 Å². The van der Waals surface area contributed by atoms with E-state index in [9.17, 15) is 4.79 Å². The van der Waals surface area contributed by atoms with E-state index in [-0.39, 0.29) is 5.91 Å². The molecule has 0 bridgehead atoms. The number of nitrogens with zero attached hydrogens (tertiary/aromatic N) is 2. The molecule has 0 spiro atoms. The lowest BCUT2D eigenvalue weighted by Crippen LogP contribution is -2.48. The SMILES string of the molecule is CCNC(=O)C(C)(C)CNC(=NC)N1CCC(COCc2ccccc2)C1. The third-order valence-corrected chi connectivity index (χ3v) is 4.90. The minimum atomic E-state index is -0.482. The van der Waals surface area contributed by atoms with Crippen LogP contribution in [0.1, 0.15) is 32.8 Å². The molecular weight excluding hydrogens is 340 g/mol. The highest BCUT2D eigenvalue weighted by Crippen LogP contribution is 2.18. The van der Waals surface area contributed by atoms with Gasteiger partial charge < -0.3 is 20.3 Å². The van der Waals surface area contributed by atoms with Crippen LogP contribution in [0.2, 0.25) is 0 Å². The highest BCUT2D eigenvalue weighted by molar-refractivity contribution is 5.84. The summed E-state index contributed by atoms with van der Waals surface area (Å²) in [5.74, 6) is 1.42. The predicted octanol–water partition coefficient (Wildman–Crippen LogP) is 2.26. The second kappa shape index (κ2) is 10.3. The molecular formula is C21H34N4O2. The predicted molar refractivity (Wildman–Crippen MR) is 110 cm³/mol. The number of rotatable bonds is 8. The molecule has 1 atom stereocenters. The molecule has 2 N–H and O–H groups in total. The molecule has 2 rings (SSSR count). The normalized spacial score (nSPS) is 17.9. The maximum absolute atomic E-state index is 12.2. The van der Waals surface area contributed by atoms with E-state index in [1.165, 1.54) is 5.56 Å². The van der Waals surface area contributed by atoms with Crippen LogP contribution in [-0.2, 0) is 16.1 Å². The molecule has 6 nitrogen and oxygen atoms in total. The summed E-state index contributed by atoms with van der Waals surface area (Å²) in [6.45, 7) is 10.3. The Morgan fingerprint density at radius 1 is 1.30 bits per heavy atom. The zero-order valence-electron chi connectivity index (χ0n) is 17.1. The Morgan fingerprint density at radius 2 is 2.04 bits per heavy atom. The third kappa shape index (κ3) is 6.54. The van der Waals surface area contributed by atoms with Crippen molar-refractivity contribution in [2.45, 2.75) is 33.8 Å². The van der Waals surface area contributed by atoms with Crippen LogP contribution >= 0.6 is 0 Å². The fourth-order valence-electron chi connectivity index (χ4n) is 3.19. The van der Waals surface area contributed by atoms with E-state index in [4.69, 9.17) is 4.74 Å². The van der Waals surface area contributed by atoms with Crippen LogP contribution in [0, 0.1) is 11.3 Å². The molecule has 1 aromatic rings. The molecule has 0 saturated carbocycles. The van der Waals surface area contributed by atoms with Gasteiger partial charge in [-0.3, -0.25) is 9.79 Å². The van der Waals surface area contributed by atoms with Gasteiger partial charge >= 0.3 is 0 Å². The summed E-state index contributed by atoms with van der Waals surface area (Å²) in [6, 6.07) is 10.3. The van der Waals surface area contributed by atoms with Crippen LogP contribution in [0.25, 0.3) is 0 Å². The van der Waals surface area contributed by atoms with Crippen molar-refractivity contribution < 1.29 is 9.53 Å². The lowest BCUT2D eigenvalue weighted by Gasteiger charge is -2.28. The maximum Gasteiger partial charge on any atom is 0.227 e. The van der Waals surface area contributed by atoms with E-state index < -0.39 is 5.41 Å². The van der Waals surface area contributed by atoms with Gasteiger partial charge in [0.1, 0.15) is 0 Å². The van der Waals surface area contributed by atoms with Gasteiger partial charge in [0.2, 0.25) is 5.91 Å². The Balaban J connectivity index is 1.76. The molecule has 1 heterocycles. The molecule has 27 heavy (non-hydrogen) atoms. The van der Waals surface area contributed by atoms with Crippen LogP contribution < -0.4 is 10.6 Å². The Bertz CT molecular complexity index is 616. The monoisotopic (exact) mass is 374 g/mol. The Kier molecular flexibility index (Phi) is 8.10. The first-order valence-corrected chi connectivity index (χ1v) is 9.82. The van der Waals surface area contributed by atoms with Gasteiger partial charge in [-0.2, -0.15) is 0 Å². The molecule has 0 aromatic heterocycles. The highest BCUT2D eigenvalue weighted by atomic mass is 16.5. The topological polar surface area (TPSA) is 66.0 Å². The van der Waals surface area contributed by atoms with Gasteiger partial charge in [-0.1, -0.05) is 30.3 Å². The first kappa shape index (κ1) is 21.2. The van der Waals surface area contributed by atoms with Gasteiger partial charge in [-0.25, -0.2) is 0 Å². The summed E-state index contributed by atoms with van der Waals surface area (Å²) in [4.78, 5) is 18.8. The number of carbonyl (C=O) groups is 1. The second-order valence-electron chi connectivity index (χ2n) is 7.75. The number of ether oxygens (including phenoxy) is 1. The number of carbonyl (C=O) groups excluding carboxylic acids is 1. The van der Waals surface area contributed by atoms with Crippen molar-refractivity contribution in [1.29, 1.82) is 0 Å². The summed E-state index contributed by atoms with van der Waals surface area (Å²) in [5.41, 5.74) is 0.724. The number of hydrogen-bond donors (Lipinski definition) is 2. The van der Waals surface area contributed by atoms with Crippen molar-refractivity contribution in [3.8, 4) is 0 Å². The molecule has 1 amide bonds. The van der Waals surface area contributed by atoms with Gasteiger partial charge in [0.05, 0.1) is 18.6 Å². The lowest BCUT2D eigenvalue weighted by molar-refractivity contribution is -0.128. The summed E-state index contributed by atoms with van der Waals surface area (Å²) in [6.07, 6.45) is 1.09. The van der Waals surface area contributed by atoms with E-state index >= 15 is 0 Å². The second-order valence-corrected chi connectivity index (χ2v) is 7.75. The first-order chi connectivity index (χ1) is 13.0. The van der Waals surface area contributed by atoms with Crippen LogP contribution in [0.4, 0.5) is 0 Å². The summed E-state index contributed by atoms with van der Waals surface area (Å²) in [7, 11) is 1.79. The number of hydrogen-bond acceptors (Lipinski definition) is 3. The number of likely N-dealkylation sites (tertiary alicyclic amines) is 1. The van der Waals surface area contributed by atoms with Crippen LogP contribution in [0.3, 0.4) is 0 Å². The Hall–Kier alpha value is -2.08. The van der Waals surface area contributed by atoms with Crippen molar-refractivity contribution >= 4 is 11.9 Å². The molecule has 1 unspecified atom stereocenters. The minimum absolute atomic E-state index is 0.0570. The molecule has 1 aliphatic rings. The smallest absolute Gasteiger partial charge is 0.227 e. The maximum atomic E-state index is 12.2. The molecule has 0 aliphatic carbocycles. The lowest BCUT2D eigenvalue weighted by atomic mass is 9.92. The van der Waals surface area contributed by atoms with E-state index in [2.05, 4.69) is 32.7 Å². The van der Waals surface area contributed by atoms with Gasteiger partial charge in [-0.15, -0.1) is 0 Å². The molecule has 0 radical (unpaired) electrons. The molecule has 150 valence electrons. The van der Waals surface area contributed by atoms with Crippen molar-refractivity contribution in [3.63, 3.8) is 0 Å². The van der Waals surface area contributed by atoms with E-state index in [0.29, 0.717) is 25.6 Å². The minimum Gasteiger partial charge on any atom is -0.376 e. The quantitative estimate of drug-likeness (QED) is 0.541. The van der Waals surface area contributed by atoms with Crippen molar-refractivity contribution in [1.82, 2.24) is 15.5 Å². The number of aliphatic imine (C=N–C) groups is 1. The van der Waals surface area contributed by atoms with E-state index in [0.717, 1.165) is 32.1 Å². The van der Waals surface area contributed by atoms with Crippen LogP contribution in [0.5, 0.6) is 0 Å². The summed E-state index contributed by atoms with van der Waals surface area (Å²) < 4.78 is 5.90. The first-order valence-electron chi connectivity index (χ1n) is 9.82. The molecule has 1 aromatic carbocycles. The fourth-order valence-corrected chi connectivity index (χ4v) is 3.19. The number of nitrogens with one attached hydrogen (secondary N) is 2. The van der Waals surface area contributed by atoms with Gasteiger partial charge in [0, 0.05) is 39.1 Å². The van der Waals surface area contributed by atoms with Gasteiger partial charge in [0.15, 0.2) is 5.96 Å². The number of amides is 1. The van der Waals surface area contributed by atoms with Gasteiger partial charge in [-0.05, 0) is 32.8 Å². The standard InChI is InChI=1S/C21H34N4O2/c1-5-23-19(26)21(2,3)16-24-20(22-4)25-12-11-18(13-25)15-27-14-17-9-7-6-8-10-17/h6-10,18H,5,11-16H2,1-4H3,(H,22,24)(H,23,26). The van der Waals surface area contributed by atoms with Crippen molar-refractivity contribution in [2.24, 2.45) is 16.3 Å². The molecule has 1 saturated heterocycles. The number of benzene rings is 1. The number of guanidine groups is 1. The highest BCUT2D eigenvalue weighted by Gasteiger charge is 2.29. The Labute approximate surface area is 163 Å². The largest absolute Gasteiger partial charge is 0.376 e. The third-order valence-electron chi connectivity index (χ3n) is 4.90. The zero-order chi connectivity index (χ0) is 19.7. The molecule has 1 fully saturated rings. The molecule has 1 aliphatic heterocycles. The van der Waals surface area contributed by atoms with E-state index in [1.54, 1.807) is 7.05 Å². The fraction of sp³-hybridized carbons (Fsp3) is 0.619. The van der Waals surface area contributed by atoms with Crippen molar-refractivity contribution in [2.75, 3.05) is 39.8 Å². The Morgan fingerprint density at radius 3 is 2.70 bits per heavy atom.